The van der Waals surface area contributed by atoms with E-state index in [9.17, 15) is 0 Å². The summed E-state index contributed by atoms with van der Waals surface area (Å²) >= 11 is 0. The SMILES string of the molecule is CC1=[N+](C)c2ccccc2C1(C)C.O=P([O-])(O)O. The van der Waals surface area contributed by atoms with Crippen LogP contribution in [0.3, 0.4) is 0 Å². The highest BCUT2D eigenvalue weighted by molar-refractivity contribution is 7.43. The smallest absolute Gasteiger partial charge is 0.262 e. The molecule has 5 nitrogen and oxygen atoms in total. The predicted octanol–water partition coefficient (Wildman–Crippen LogP) is 1.15. The van der Waals surface area contributed by atoms with Gasteiger partial charge in [0.25, 0.3) is 7.82 Å². The summed E-state index contributed by atoms with van der Waals surface area (Å²) in [4.78, 5) is 22.9. The second kappa shape index (κ2) is 4.94. The number of phosphoric acid groups is 1. The average Bonchev–Trinajstić information content (AvgIpc) is 2.40. The second-order valence-electron chi connectivity index (χ2n) is 4.78. The number of hydrogen-bond acceptors (Lipinski definition) is 2. The highest BCUT2D eigenvalue weighted by atomic mass is 31.2. The lowest BCUT2D eigenvalue weighted by Crippen LogP contribution is -2.25. The van der Waals surface area contributed by atoms with Gasteiger partial charge in [-0.25, -0.2) is 4.58 Å². The van der Waals surface area contributed by atoms with Crippen LogP contribution in [0.2, 0.25) is 0 Å². The van der Waals surface area contributed by atoms with Crippen molar-refractivity contribution in [2.24, 2.45) is 0 Å². The number of benzene rings is 1. The molecule has 0 saturated heterocycles. The molecule has 6 heteroatoms. The minimum atomic E-state index is -4.89. The van der Waals surface area contributed by atoms with Crippen LogP contribution in [0, 0.1) is 0 Å². The van der Waals surface area contributed by atoms with Gasteiger partial charge in [0.2, 0.25) is 5.69 Å². The molecule has 0 unspecified atom stereocenters. The molecule has 0 radical (unpaired) electrons. The molecule has 2 rings (SSSR count). The van der Waals surface area contributed by atoms with Gasteiger partial charge in [0.05, 0.1) is 5.41 Å². The third kappa shape index (κ3) is 3.27. The molecule has 2 N–H and O–H groups in total. The van der Waals surface area contributed by atoms with E-state index in [0.29, 0.717) is 0 Å². The van der Waals surface area contributed by atoms with Crippen molar-refractivity contribution in [3.8, 4) is 0 Å². The standard InChI is InChI=1S/C12H16N.H3O4P/c1-9-12(2,3)10-7-5-6-8-11(10)13(9)4;1-5(2,3)4/h5-8H,1-4H3;(H3,1,2,3,4)/q+1;/p-1. The summed E-state index contributed by atoms with van der Waals surface area (Å²) < 4.78 is 11.1. The molecule has 0 bridgehead atoms. The normalized spacial score (nSPS) is 17.1. The van der Waals surface area contributed by atoms with Crippen LogP contribution < -0.4 is 4.89 Å². The van der Waals surface area contributed by atoms with E-state index in [4.69, 9.17) is 19.2 Å². The zero-order valence-corrected chi connectivity index (χ0v) is 11.8. The van der Waals surface area contributed by atoms with E-state index in [1.54, 1.807) is 0 Å². The first kappa shape index (κ1) is 15.1. The van der Waals surface area contributed by atoms with Crippen molar-refractivity contribution in [3.63, 3.8) is 0 Å². The Morgan fingerprint density at radius 3 is 2.17 bits per heavy atom. The Hall–Kier alpha value is -1.00. The van der Waals surface area contributed by atoms with Crippen molar-refractivity contribution >= 4 is 19.2 Å². The summed E-state index contributed by atoms with van der Waals surface area (Å²) in [7, 11) is -2.75. The van der Waals surface area contributed by atoms with Gasteiger partial charge in [0.1, 0.15) is 7.05 Å². The van der Waals surface area contributed by atoms with E-state index in [1.165, 1.54) is 17.0 Å². The molecule has 18 heavy (non-hydrogen) atoms. The molecular formula is C12H18NO4P. The maximum atomic E-state index is 8.77. The van der Waals surface area contributed by atoms with Crippen molar-refractivity contribution < 1.29 is 23.8 Å². The van der Waals surface area contributed by atoms with Crippen molar-refractivity contribution in [1.29, 1.82) is 0 Å². The minimum Gasteiger partial charge on any atom is -0.756 e. The Bertz CT molecular complexity index is 522. The van der Waals surface area contributed by atoms with Gasteiger partial charge < -0.3 is 14.7 Å². The van der Waals surface area contributed by atoms with Gasteiger partial charge in [-0.2, -0.15) is 0 Å². The van der Waals surface area contributed by atoms with Crippen LogP contribution in [-0.4, -0.2) is 27.1 Å². The van der Waals surface area contributed by atoms with E-state index in [1.807, 2.05) is 0 Å². The van der Waals surface area contributed by atoms with Crippen LogP contribution in [0.15, 0.2) is 24.3 Å². The molecule has 0 aliphatic carbocycles. The summed E-state index contributed by atoms with van der Waals surface area (Å²) in [5.41, 5.74) is 4.42. The van der Waals surface area contributed by atoms with Crippen LogP contribution in [0.4, 0.5) is 5.69 Å². The number of para-hydroxylation sites is 1. The molecular weight excluding hydrogens is 253 g/mol. The number of nitrogens with zero attached hydrogens (tertiary/aromatic N) is 1. The maximum absolute atomic E-state index is 8.77. The molecule has 1 aromatic rings. The molecule has 0 spiro atoms. The van der Waals surface area contributed by atoms with Crippen molar-refractivity contribution in [1.82, 2.24) is 0 Å². The van der Waals surface area contributed by atoms with Crippen LogP contribution in [0.25, 0.3) is 0 Å². The molecule has 1 aliphatic heterocycles. The fourth-order valence-electron chi connectivity index (χ4n) is 2.09. The van der Waals surface area contributed by atoms with Crippen LogP contribution in [-0.2, 0) is 9.98 Å². The lowest BCUT2D eigenvalue weighted by Gasteiger charge is -2.14. The molecule has 1 aliphatic rings. The second-order valence-corrected chi connectivity index (χ2v) is 5.76. The van der Waals surface area contributed by atoms with Crippen molar-refractivity contribution in [2.45, 2.75) is 26.2 Å². The van der Waals surface area contributed by atoms with E-state index >= 15 is 0 Å². The van der Waals surface area contributed by atoms with Gasteiger partial charge >= 0.3 is 0 Å². The number of rotatable bonds is 0. The zero-order chi connectivity index (χ0) is 14.1. The average molecular weight is 271 g/mol. The van der Waals surface area contributed by atoms with Crippen molar-refractivity contribution in [2.75, 3.05) is 7.05 Å². The van der Waals surface area contributed by atoms with Gasteiger partial charge in [-0.1, -0.05) is 18.2 Å². The summed E-state index contributed by atoms with van der Waals surface area (Å²) in [6.07, 6.45) is 0. The van der Waals surface area contributed by atoms with Gasteiger partial charge in [0.15, 0.2) is 5.71 Å². The first-order valence-corrected chi connectivity index (χ1v) is 7.02. The Labute approximate surface area is 107 Å². The molecule has 100 valence electrons. The summed E-state index contributed by atoms with van der Waals surface area (Å²) in [5.74, 6) is 0. The predicted molar refractivity (Wildman–Crippen MR) is 68.0 cm³/mol. The van der Waals surface area contributed by atoms with Gasteiger partial charge in [-0.3, -0.25) is 4.57 Å². The van der Waals surface area contributed by atoms with E-state index in [0.717, 1.165) is 0 Å². The highest BCUT2D eigenvalue weighted by Gasteiger charge is 2.40. The maximum Gasteiger partial charge on any atom is 0.262 e. The van der Waals surface area contributed by atoms with Crippen LogP contribution in [0.1, 0.15) is 26.3 Å². The Balaban J connectivity index is 0.000000280. The van der Waals surface area contributed by atoms with E-state index in [2.05, 4.69) is 56.7 Å². The van der Waals surface area contributed by atoms with E-state index in [-0.39, 0.29) is 5.41 Å². The quantitative estimate of drug-likeness (QED) is 0.547. The molecule has 1 heterocycles. The Morgan fingerprint density at radius 2 is 1.72 bits per heavy atom. The fraction of sp³-hybridized carbons (Fsp3) is 0.417. The largest absolute Gasteiger partial charge is 0.756 e. The Kier molecular flexibility index (Phi) is 4.13. The topological polar surface area (TPSA) is 83.6 Å². The summed E-state index contributed by atoms with van der Waals surface area (Å²) in [5, 5.41) is 0. The van der Waals surface area contributed by atoms with Gasteiger partial charge in [0, 0.05) is 18.6 Å². The zero-order valence-electron chi connectivity index (χ0n) is 10.9. The molecule has 0 saturated carbocycles. The highest BCUT2D eigenvalue weighted by Crippen LogP contribution is 2.38. The van der Waals surface area contributed by atoms with Gasteiger partial charge in [-0.05, 0) is 13.8 Å². The number of fused-ring (bicyclic) bond motifs is 1. The minimum absolute atomic E-state index is 0.200. The van der Waals surface area contributed by atoms with Crippen LogP contribution in [0.5, 0.6) is 0 Å². The Morgan fingerprint density at radius 1 is 1.28 bits per heavy atom. The monoisotopic (exact) mass is 271 g/mol. The third-order valence-electron chi connectivity index (χ3n) is 3.35. The molecule has 0 aromatic heterocycles. The lowest BCUT2D eigenvalue weighted by atomic mass is 9.82. The lowest BCUT2D eigenvalue weighted by molar-refractivity contribution is -0.403. The summed E-state index contributed by atoms with van der Waals surface area (Å²) in [6.45, 7) is 6.77. The molecule has 0 fully saturated rings. The third-order valence-corrected chi connectivity index (χ3v) is 3.35. The molecule has 1 aromatic carbocycles. The fourth-order valence-corrected chi connectivity index (χ4v) is 2.09. The van der Waals surface area contributed by atoms with Gasteiger partial charge in [-0.15, -0.1) is 0 Å². The molecule has 0 amide bonds. The first-order chi connectivity index (χ1) is 8.05. The van der Waals surface area contributed by atoms with Crippen LogP contribution >= 0.6 is 7.82 Å². The van der Waals surface area contributed by atoms with E-state index < -0.39 is 7.82 Å². The first-order valence-electron chi connectivity index (χ1n) is 5.49. The summed E-state index contributed by atoms with van der Waals surface area (Å²) in [6, 6.07) is 8.63. The van der Waals surface area contributed by atoms with Crippen molar-refractivity contribution in [3.05, 3.63) is 29.8 Å². The molecule has 0 atom stereocenters. The number of hydrogen-bond donors (Lipinski definition) is 2.